The fraction of sp³-hybridized carbons (Fsp3) is 0.462. The summed E-state index contributed by atoms with van der Waals surface area (Å²) in [4.78, 5) is 13.4. The molecule has 0 radical (unpaired) electrons. The second-order valence-electron chi connectivity index (χ2n) is 4.30. The molecule has 0 bridgehead atoms. The average Bonchev–Trinajstić information content (AvgIpc) is 2.51. The van der Waals surface area contributed by atoms with Gasteiger partial charge in [0.2, 0.25) is 5.91 Å². The number of carbonyl (C=O) groups is 1. The van der Waals surface area contributed by atoms with E-state index < -0.39 is 0 Å². The van der Waals surface area contributed by atoms with Crippen molar-refractivity contribution in [1.82, 2.24) is 0 Å². The highest BCUT2D eigenvalue weighted by molar-refractivity contribution is 5.95. The molecule has 0 aromatic heterocycles. The molecule has 0 spiro atoms. The summed E-state index contributed by atoms with van der Waals surface area (Å²) in [5, 5.41) is 3.28. The van der Waals surface area contributed by atoms with Gasteiger partial charge in [-0.15, -0.1) is 0 Å². The first-order valence-electron chi connectivity index (χ1n) is 6.19. The molecule has 1 aliphatic rings. The highest BCUT2D eigenvalue weighted by Gasteiger charge is 2.19. The number of anilines is 2. The summed E-state index contributed by atoms with van der Waals surface area (Å²) in [7, 11) is 1.78. The summed E-state index contributed by atoms with van der Waals surface area (Å²) in [6.07, 6.45) is 1.34. The lowest BCUT2D eigenvalue weighted by Gasteiger charge is -2.17. The Balaban J connectivity index is 2.18. The van der Waals surface area contributed by atoms with E-state index in [0.29, 0.717) is 19.6 Å². The van der Waals surface area contributed by atoms with Gasteiger partial charge in [0.15, 0.2) is 0 Å². The van der Waals surface area contributed by atoms with Crippen molar-refractivity contribution in [1.29, 1.82) is 0 Å². The van der Waals surface area contributed by atoms with Crippen LogP contribution in [0.5, 0.6) is 5.75 Å². The number of benzene rings is 1. The molecule has 5 heteroatoms. The zero-order valence-corrected chi connectivity index (χ0v) is 10.6. The molecule has 3 N–H and O–H groups in total. The van der Waals surface area contributed by atoms with Crippen LogP contribution < -0.4 is 20.7 Å². The van der Waals surface area contributed by atoms with E-state index in [4.69, 9.17) is 10.5 Å². The Hall–Kier alpha value is -1.75. The maximum atomic E-state index is 11.8. The molecule has 0 saturated carbocycles. The number of fused-ring (bicyclic) bond motifs is 1. The number of amides is 1. The van der Waals surface area contributed by atoms with E-state index in [2.05, 4.69) is 5.32 Å². The molecular weight excluding hydrogens is 230 g/mol. The summed E-state index contributed by atoms with van der Waals surface area (Å²) in [6.45, 7) is 1.93. The lowest BCUT2D eigenvalue weighted by Crippen LogP contribution is -2.25. The van der Waals surface area contributed by atoms with Gasteiger partial charge in [-0.3, -0.25) is 4.79 Å². The van der Waals surface area contributed by atoms with Gasteiger partial charge in [0.25, 0.3) is 0 Å². The van der Waals surface area contributed by atoms with Crippen molar-refractivity contribution in [3.05, 3.63) is 18.2 Å². The predicted molar refractivity (Wildman–Crippen MR) is 72.1 cm³/mol. The SMILES string of the molecule is CN1C(=O)CCOc2ccc(NCCCN)cc21. The molecule has 0 fully saturated rings. The largest absolute Gasteiger partial charge is 0.491 e. The van der Waals surface area contributed by atoms with Gasteiger partial charge < -0.3 is 20.7 Å². The van der Waals surface area contributed by atoms with Gasteiger partial charge in [0.1, 0.15) is 5.75 Å². The highest BCUT2D eigenvalue weighted by Crippen LogP contribution is 2.33. The van der Waals surface area contributed by atoms with Gasteiger partial charge in [-0.1, -0.05) is 0 Å². The quantitative estimate of drug-likeness (QED) is 0.787. The first-order valence-corrected chi connectivity index (χ1v) is 6.19. The maximum Gasteiger partial charge on any atom is 0.230 e. The molecule has 1 aromatic rings. The van der Waals surface area contributed by atoms with Crippen molar-refractivity contribution in [3.63, 3.8) is 0 Å². The number of hydrogen-bond acceptors (Lipinski definition) is 4. The van der Waals surface area contributed by atoms with Gasteiger partial charge >= 0.3 is 0 Å². The van der Waals surface area contributed by atoms with Gasteiger partial charge in [-0.05, 0) is 31.2 Å². The highest BCUT2D eigenvalue weighted by atomic mass is 16.5. The van der Waals surface area contributed by atoms with Crippen LogP contribution in [-0.4, -0.2) is 32.7 Å². The molecule has 0 saturated heterocycles. The Morgan fingerprint density at radius 1 is 1.50 bits per heavy atom. The van der Waals surface area contributed by atoms with E-state index in [1.165, 1.54) is 0 Å². The Kier molecular flexibility index (Phi) is 4.04. The van der Waals surface area contributed by atoms with Crippen LogP contribution in [0.1, 0.15) is 12.8 Å². The van der Waals surface area contributed by atoms with Crippen LogP contribution in [0.4, 0.5) is 11.4 Å². The second kappa shape index (κ2) is 5.73. The lowest BCUT2D eigenvalue weighted by atomic mass is 10.2. The maximum absolute atomic E-state index is 11.8. The smallest absolute Gasteiger partial charge is 0.230 e. The zero-order valence-electron chi connectivity index (χ0n) is 10.6. The van der Waals surface area contributed by atoms with Gasteiger partial charge in [0, 0.05) is 19.3 Å². The van der Waals surface area contributed by atoms with Gasteiger partial charge in [-0.2, -0.15) is 0 Å². The Bertz CT molecular complexity index is 434. The van der Waals surface area contributed by atoms with Crippen molar-refractivity contribution in [2.75, 3.05) is 37.0 Å². The topological polar surface area (TPSA) is 67.6 Å². The van der Waals surface area contributed by atoms with Crippen LogP contribution in [0.3, 0.4) is 0 Å². The summed E-state index contributed by atoms with van der Waals surface area (Å²) in [5.41, 5.74) is 7.25. The fourth-order valence-electron chi connectivity index (χ4n) is 1.90. The van der Waals surface area contributed by atoms with E-state index in [9.17, 15) is 4.79 Å². The Morgan fingerprint density at radius 3 is 3.11 bits per heavy atom. The summed E-state index contributed by atoms with van der Waals surface area (Å²) in [5.74, 6) is 0.834. The molecule has 1 aliphatic heterocycles. The van der Waals surface area contributed by atoms with E-state index in [0.717, 1.165) is 30.1 Å². The van der Waals surface area contributed by atoms with Crippen LogP contribution in [-0.2, 0) is 4.79 Å². The molecule has 0 unspecified atom stereocenters. The van der Waals surface area contributed by atoms with E-state index in [1.54, 1.807) is 11.9 Å². The van der Waals surface area contributed by atoms with Crippen molar-refractivity contribution in [3.8, 4) is 5.75 Å². The molecule has 98 valence electrons. The third-order valence-electron chi connectivity index (χ3n) is 2.98. The fourth-order valence-corrected chi connectivity index (χ4v) is 1.90. The third-order valence-corrected chi connectivity index (χ3v) is 2.98. The Labute approximate surface area is 107 Å². The Morgan fingerprint density at radius 2 is 2.33 bits per heavy atom. The summed E-state index contributed by atoms with van der Waals surface area (Å²) in [6, 6.07) is 5.79. The molecule has 18 heavy (non-hydrogen) atoms. The monoisotopic (exact) mass is 249 g/mol. The first-order chi connectivity index (χ1) is 8.72. The normalized spacial score (nSPS) is 14.8. The van der Waals surface area contributed by atoms with E-state index >= 15 is 0 Å². The number of nitrogens with one attached hydrogen (secondary N) is 1. The lowest BCUT2D eigenvalue weighted by molar-refractivity contribution is -0.118. The summed E-state index contributed by atoms with van der Waals surface area (Å²) < 4.78 is 5.56. The standard InChI is InChI=1S/C13H19N3O2/c1-16-11-9-10(15-7-2-6-14)3-4-12(11)18-8-5-13(16)17/h3-4,9,15H,2,5-8,14H2,1H3. The van der Waals surface area contributed by atoms with Crippen LogP contribution in [0.15, 0.2) is 18.2 Å². The van der Waals surface area contributed by atoms with Gasteiger partial charge in [0.05, 0.1) is 18.7 Å². The number of carbonyl (C=O) groups excluding carboxylic acids is 1. The van der Waals surface area contributed by atoms with Gasteiger partial charge in [-0.25, -0.2) is 0 Å². The third kappa shape index (κ3) is 2.73. The zero-order chi connectivity index (χ0) is 13.0. The van der Waals surface area contributed by atoms with Crippen LogP contribution in [0.2, 0.25) is 0 Å². The van der Waals surface area contributed by atoms with Crippen LogP contribution in [0, 0.1) is 0 Å². The molecule has 0 atom stereocenters. The van der Waals surface area contributed by atoms with Crippen molar-refractivity contribution in [2.24, 2.45) is 5.73 Å². The molecule has 1 amide bonds. The molecule has 1 heterocycles. The number of ether oxygens (including phenoxy) is 1. The van der Waals surface area contributed by atoms with Crippen molar-refractivity contribution >= 4 is 17.3 Å². The molecular formula is C13H19N3O2. The number of hydrogen-bond donors (Lipinski definition) is 2. The molecule has 5 nitrogen and oxygen atoms in total. The number of nitrogens with two attached hydrogens (primary N) is 1. The minimum absolute atomic E-state index is 0.0767. The summed E-state index contributed by atoms with van der Waals surface area (Å²) >= 11 is 0. The molecule has 0 aliphatic carbocycles. The van der Waals surface area contributed by atoms with E-state index in [1.807, 2.05) is 18.2 Å². The molecule has 2 rings (SSSR count). The van der Waals surface area contributed by atoms with E-state index in [-0.39, 0.29) is 5.91 Å². The van der Waals surface area contributed by atoms with Crippen LogP contribution >= 0.6 is 0 Å². The second-order valence-corrected chi connectivity index (χ2v) is 4.30. The minimum atomic E-state index is 0.0767. The average molecular weight is 249 g/mol. The number of rotatable bonds is 4. The minimum Gasteiger partial charge on any atom is -0.491 e. The molecule has 1 aromatic carbocycles. The first kappa shape index (κ1) is 12.7. The van der Waals surface area contributed by atoms with Crippen molar-refractivity contribution in [2.45, 2.75) is 12.8 Å². The van der Waals surface area contributed by atoms with Crippen molar-refractivity contribution < 1.29 is 9.53 Å². The predicted octanol–water partition coefficient (Wildman–Crippen LogP) is 1.19. The number of nitrogens with zero attached hydrogens (tertiary/aromatic N) is 1. The van der Waals surface area contributed by atoms with Crippen LogP contribution in [0.25, 0.3) is 0 Å².